The van der Waals surface area contributed by atoms with Crippen molar-refractivity contribution in [3.8, 4) is 10.4 Å². The number of hydrogen-bond acceptors (Lipinski definition) is 2. The van der Waals surface area contributed by atoms with Gasteiger partial charge >= 0.3 is 0 Å². The van der Waals surface area contributed by atoms with E-state index in [4.69, 9.17) is 0 Å². The first-order chi connectivity index (χ1) is 10.3. The Morgan fingerprint density at radius 3 is 2.33 bits per heavy atom. The molecule has 0 aliphatic rings. The maximum atomic E-state index is 3.54. The van der Waals surface area contributed by atoms with Crippen molar-refractivity contribution in [1.29, 1.82) is 0 Å². The van der Waals surface area contributed by atoms with Crippen LogP contribution in [-0.2, 0) is 13.1 Å². The van der Waals surface area contributed by atoms with Gasteiger partial charge in [0.05, 0.1) is 0 Å². The zero-order valence-corrected chi connectivity index (χ0v) is 13.0. The van der Waals surface area contributed by atoms with Gasteiger partial charge in [-0.25, -0.2) is 0 Å². The van der Waals surface area contributed by atoms with Crippen LogP contribution in [-0.4, -0.2) is 0 Å². The van der Waals surface area contributed by atoms with E-state index in [9.17, 15) is 0 Å². The minimum atomic E-state index is 0.891. The molecule has 2 heteroatoms. The van der Waals surface area contributed by atoms with Gasteiger partial charge in [-0.15, -0.1) is 11.3 Å². The van der Waals surface area contributed by atoms with E-state index in [0.29, 0.717) is 0 Å². The maximum absolute atomic E-state index is 3.54. The Morgan fingerprint density at radius 2 is 1.57 bits per heavy atom. The molecular formula is C19H19NS. The van der Waals surface area contributed by atoms with Crippen LogP contribution in [0.15, 0.2) is 66.7 Å². The number of nitrogens with one attached hydrogen (secondary N) is 1. The van der Waals surface area contributed by atoms with E-state index in [1.165, 1.54) is 26.4 Å². The summed E-state index contributed by atoms with van der Waals surface area (Å²) in [5.74, 6) is 0. The van der Waals surface area contributed by atoms with Gasteiger partial charge in [0.25, 0.3) is 0 Å². The molecule has 1 N–H and O–H groups in total. The van der Waals surface area contributed by atoms with Crippen molar-refractivity contribution in [3.05, 3.63) is 82.7 Å². The second kappa shape index (κ2) is 6.70. The van der Waals surface area contributed by atoms with E-state index >= 15 is 0 Å². The van der Waals surface area contributed by atoms with Crippen LogP contribution < -0.4 is 5.32 Å². The van der Waals surface area contributed by atoms with Gasteiger partial charge in [-0.05, 0) is 35.7 Å². The fourth-order valence-electron chi connectivity index (χ4n) is 2.43. The molecule has 0 atom stereocenters. The summed E-state index contributed by atoms with van der Waals surface area (Å²) in [6.45, 7) is 3.95. The number of aryl methyl sites for hydroxylation is 1. The molecule has 0 saturated heterocycles. The second-order valence-corrected chi connectivity index (χ2v) is 6.44. The van der Waals surface area contributed by atoms with Gasteiger partial charge in [0.1, 0.15) is 0 Å². The highest BCUT2D eigenvalue weighted by atomic mass is 32.1. The van der Waals surface area contributed by atoms with Crippen LogP contribution in [0.2, 0.25) is 0 Å². The summed E-state index contributed by atoms with van der Waals surface area (Å²) in [7, 11) is 0. The Hall–Kier alpha value is -1.90. The van der Waals surface area contributed by atoms with Crippen molar-refractivity contribution >= 4 is 11.3 Å². The summed E-state index contributed by atoms with van der Waals surface area (Å²) in [5, 5.41) is 3.54. The quantitative estimate of drug-likeness (QED) is 0.697. The number of rotatable bonds is 5. The summed E-state index contributed by atoms with van der Waals surface area (Å²) < 4.78 is 0. The Morgan fingerprint density at radius 1 is 0.810 bits per heavy atom. The predicted octanol–water partition coefficient (Wildman–Crippen LogP) is 5.01. The summed E-state index contributed by atoms with van der Waals surface area (Å²) in [6, 6.07) is 23.6. The van der Waals surface area contributed by atoms with E-state index in [1.54, 1.807) is 0 Å². The standard InChI is InChI=1S/C19H19NS/c1-15-11-12-19(21-15)18-10-6-5-9-17(18)14-20-13-16-7-3-2-4-8-16/h2-12,20H,13-14H2,1H3. The van der Waals surface area contributed by atoms with Crippen molar-refractivity contribution in [1.82, 2.24) is 5.32 Å². The molecule has 0 saturated carbocycles. The highest BCUT2D eigenvalue weighted by Crippen LogP contribution is 2.30. The largest absolute Gasteiger partial charge is 0.309 e. The third-order valence-corrected chi connectivity index (χ3v) is 4.54. The molecule has 1 heterocycles. The zero-order chi connectivity index (χ0) is 14.5. The molecule has 3 rings (SSSR count). The molecule has 0 radical (unpaired) electrons. The lowest BCUT2D eigenvalue weighted by Gasteiger charge is -2.09. The summed E-state index contributed by atoms with van der Waals surface area (Å²) in [4.78, 5) is 2.71. The van der Waals surface area contributed by atoms with Crippen molar-refractivity contribution < 1.29 is 0 Å². The molecule has 21 heavy (non-hydrogen) atoms. The van der Waals surface area contributed by atoms with Crippen LogP contribution in [0.5, 0.6) is 0 Å². The molecule has 0 amide bonds. The third-order valence-electron chi connectivity index (χ3n) is 3.51. The van der Waals surface area contributed by atoms with Gasteiger partial charge in [-0.2, -0.15) is 0 Å². The molecular weight excluding hydrogens is 274 g/mol. The number of hydrogen-bond donors (Lipinski definition) is 1. The molecule has 1 aromatic heterocycles. The van der Waals surface area contributed by atoms with Crippen molar-refractivity contribution in [2.75, 3.05) is 0 Å². The van der Waals surface area contributed by atoms with E-state index in [-0.39, 0.29) is 0 Å². The van der Waals surface area contributed by atoms with Gasteiger partial charge < -0.3 is 5.32 Å². The van der Waals surface area contributed by atoms with Crippen LogP contribution in [0.1, 0.15) is 16.0 Å². The second-order valence-electron chi connectivity index (χ2n) is 5.16. The number of thiophene rings is 1. The molecule has 1 nitrogen and oxygen atoms in total. The Labute approximate surface area is 130 Å². The zero-order valence-electron chi connectivity index (χ0n) is 12.2. The molecule has 3 aromatic rings. The maximum Gasteiger partial charge on any atom is 0.0348 e. The van der Waals surface area contributed by atoms with Crippen LogP contribution in [0.3, 0.4) is 0 Å². The van der Waals surface area contributed by atoms with Crippen LogP contribution >= 0.6 is 11.3 Å². The number of benzene rings is 2. The highest BCUT2D eigenvalue weighted by molar-refractivity contribution is 7.15. The molecule has 2 aromatic carbocycles. The fourth-order valence-corrected chi connectivity index (χ4v) is 3.36. The first-order valence-corrected chi connectivity index (χ1v) is 8.04. The Bertz CT molecular complexity index is 700. The van der Waals surface area contributed by atoms with E-state index in [1.807, 2.05) is 11.3 Å². The summed E-state index contributed by atoms with van der Waals surface area (Å²) in [6.07, 6.45) is 0. The van der Waals surface area contributed by atoms with Crippen LogP contribution in [0, 0.1) is 6.92 Å². The van der Waals surface area contributed by atoms with Gasteiger partial charge in [0.2, 0.25) is 0 Å². The average Bonchev–Trinajstić information content (AvgIpc) is 2.95. The Balaban J connectivity index is 1.71. The highest BCUT2D eigenvalue weighted by Gasteiger charge is 2.06. The summed E-state index contributed by atoms with van der Waals surface area (Å²) in [5.41, 5.74) is 4.02. The van der Waals surface area contributed by atoms with Gasteiger partial charge in [0.15, 0.2) is 0 Å². The third kappa shape index (κ3) is 3.60. The monoisotopic (exact) mass is 293 g/mol. The Kier molecular flexibility index (Phi) is 4.49. The van der Waals surface area contributed by atoms with Gasteiger partial charge in [0, 0.05) is 22.8 Å². The van der Waals surface area contributed by atoms with Gasteiger partial charge in [-0.3, -0.25) is 0 Å². The molecule has 106 valence electrons. The van der Waals surface area contributed by atoms with Crippen molar-refractivity contribution in [3.63, 3.8) is 0 Å². The molecule has 0 fully saturated rings. The van der Waals surface area contributed by atoms with Crippen molar-refractivity contribution in [2.24, 2.45) is 0 Å². The molecule has 0 aliphatic carbocycles. The van der Waals surface area contributed by atoms with Gasteiger partial charge in [-0.1, -0.05) is 54.6 Å². The minimum Gasteiger partial charge on any atom is -0.309 e. The predicted molar refractivity (Wildman–Crippen MR) is 91.5 cm³/mol. The average molecular weight is 293 g/mol. The lowest BCUT2D eigenvalue weighted by molar-refractivity contribution is 0.694. The normalized spacial score (nSPS) is 10.7. The SMILES string of the molecule is Cc1ccc(-c2ccccc2CNCc2ccccc2)s1. The molecule has 0 bridgehead atoms. The molecule has 0 aliphatic heterocycles. The van der Waals surface area contributed by atoms with E-state index in [2.05, 4.69) is 79.0 Å². The fraction of sp³-hybridized carbons (Fsp3) is 0.158. The lowest BCUT2D eigenvalue weighted by atomic mass is 10.1. The van der Waals surface area contributed by atoms with E-state index < -0.39 is 0 Å². The topological polar surface area (TPSA) is 12.0 Å². The van der Waals surface area contributed by atoms with E-state index in [0.717, 1.165) is 13.1 Å². The smallest absolute Gasteiger partial charge is 0.0348 e. The minimum absolute atomic E-state index is 0.891. The lowest BCUT2D eigenvalue weighted by Crippen LogP contribution is -2.13. The molecule has 0 unspecified atom stereocenters. The molecule has 0 spiro atoms. The van der Waals surface area contributed by atoms with Crippen molar-refractivity contribution in [2.45, 2.75) is 20.0 Å². The van der Waals surface area contributed by atoms with Crippen LogP contribution in [0.4, 0.5) is 0 Å². The first-order valence-electron chi connectivity index (χ1n) is 7.22. The first kappa shape index (κ1) is 14.1. The van der Waals surface area contributed by atoms with Crippen LogP contribution in [0.25, 0.3) is 10.4 Å². The summed E-state index contributed by atoms with van der Waals surface area (Å²) >= 11 is 1.86.